The first-order chi connectivity index (χ1) is 11.3. The van der Waals surface area contributed by atoms with Crippen molar-refractivity contribution in [1.82, 2.24) is 15.5 Å². The topological polar surface area (TPSA) is 44.4 Å². The van der Waals surface area contributed by atoms with Crippen molar-refractivity contribution >= 4 is 5.91 Å². The predicted octanol–water partition coefficient (Wildman–Crippen LogP) is 1.77. The van der Waals surface area contributed by atoms with Crippen molar-refractivity contribution in [1.29, 1.82) is 0 Å². The van der Waals surface area contributed by atoms with E-state index in [1.54, 1.807) is 0 Å². The Labute approximate surface area is 138 Å². The lowest BCUT2D eigenvalue weighted by molar-refractivity contribution is -0.123. The summed E-state index contributed by atoms with van der Waals surface area (Å²) in [5, 5.41) is 6.73. The van der Waals surface area contributed by atoms with Gasteiger partial charge in [0.1, 0.15) is 0 Å². The molecule has 1 spiro atoms. The van der Waals surface area contributed by atoms with Gasteiger partial charge in [0.05, 0.1) is 0 Å². The van der Waals surface area contributed by atoms with Crippen LogP contribution in [0.2, 0.25) is 0 Å². The number of rotatable bonds is 4. The second kappa shape index (κ2) is 6.25. The van der Waals surface area contributed by atoms with Crippen molar-refractivity contribution < 1.29 is 4.79 Å². The van der Waals surface area contributed by atoms with Crippen LogP contribution in [0.3, 0.4) is 0 Å². The van der Waals surface area contributed by atoms with E-state index >= 15 is 0 Å². The van der Waals surface area contributed by atoms with Gasteiger partial charge in [0, 0.05) is 31.6 Å². The molecule has 2 heterocycles. The molecule has 0 aromatic heterocycles. The molecule has 0 bridgehead atoms. The molecule has 1 aromatic carbocycles. The minimum Gasteiger partial charge on any atom is -0.352 e. The molecule has 1 aromatic rings. The van der Waals surface area contributed by atoms with Crippen LogP contribution in [0.5, 0.6) is 0 Å². The number of nitrogens with zero attached hydrogens (tertiary/aromatic N) is 1. The summed E-state index contributed by atoms with van der Waals surface area (Å²) in [7, 11) is 0. The van der Waals surface area contributed by atoms with Gasteiger partial charge in [-0.3, -0.25) is 9.69 Å². The zero-order valence-corrected chi connectivity index (χ0v) is 13.8. The number of carbonyl (C=O) groups is 1. The molecular weight excluding hydrogens is 286 g/mol. The molecule has 3 fully saturated rings. The van der Waals surface area contributed by atoms with Crippen molar-refractivity contribution in [2.45, 2.75) is 38.3 Å². The van der Waals surface area contributed by atoms with Crippen molar-refractivity contribution in [3.05, 3.63) is 35.9 Å². The number of carbonyl (C=O) groups excluding carboxylic acids is 1. The standard InChI is InChI=1S/C19H27N3O/c23-18(17-12-19(17)7-9-20-10-8-19)21-16-6-11-22(14-16)13-15-4-2-1-3-5-15/h1-5,16-17,20H,6-14H2,(H,21,23). The molecule has 1 amide bonds. The van der Waals surface area contributed by atoms with Gasteiger partial charge in [0.15, 0.2) is 0 Å². The van der Waals surface area contributed by atoms with E-state index in [1.807, 2.05) is 0 Å². The Kier molecular flexibility index (Phi) is 4.12. The van der Waals surface area contributed by atoms with Gasteiger partial charge in [-0.2, -0.15) is 0 Å². The number of likely N-dealkylation sites (tertiary alicyclic amines) is 1. The molecule has 124 valence electrons. The Balaban J connectivity index is 1.25. The lowest BCUT2D eigenvalue weighted by Crippen LogP contribution is -2.40. The third kappa shape index (κ3) is 3.29. The van der Waals surface area contributed by atoms with E-state index in [1.165, 1.54) is 18.4 Å². The monoisotopic (exact) mass is 313 g/mol. The summed E-state index contributed by atoms with van der Waals surface area (Å²) in [6, 6.07) is 10.9. The Morgan fingerprint density at radius 3 is 2.83 bits per heavy atom. The van der Waals surface area contributed by atoms with Gasteiger partial charge in [0.25, 0.3) is 0 Å². The van der Waals surface area contributed by atoms with Crippen LogP contribution in [-0.2, 0) is 11.3 Å². The van der Waals surface area contributed by atoms with E-state index in [4.69, 9.17) is 0 Å². The Hall–Kier alpha value is -1.39. The van der Waals surface area contributed by atoms with E-state index in [0.717, 1.165) is 45.6 Å². The molecule has 2 saturated heterocycles. The third-order valence-corrected chi connectivity index (χ3v) is 5.97. The summed E-state index contributed by atoms with van der Waals surface area (Å²) in [4.78, 5) is 15.0. The smallest absolute Gasteiger partial charge is 0.223 e. The minimum absolute atomic E-state index is 0.285. The number of nitrogens with one attached hydrogen (secondary N) is 2. The highest BCUT2D eigenvalue weighted by molar-refractivity contribution is 5.83. The molecule has 23 heavy (non-hydrogen) atoms. The maximum Gasteiger partial charge on any atom is 0.223 e. The van der Waals surface area contributed by atoms with Crippen LogP contribution in [0.1, 0.15) is 31.2 Å². The van der Waals surface area contributed by atoms with Crippen LogP contribution >= 0.6 is 0 Å². The lowest BCUT2D eigenvalue weighted by atomic mass is 9.91. The van der Waals surface area contributed by atoms with Gasteiger partial charge < -0.3 is 10.6 Å². The highest BCUT2D eigenvalue weighted by atomic mass is 16.2. The fourth-order valence-electron chi connectivity index (χ4n) is 4.43. The Bertz CT molecular complexity index is 553. The molecule has 4 nitrogen and oxygen atoms in total. The minimum atomic E-state index is 0.285. The first-order valence-electron chi connectivity index (χ1n) is 9.03. The third-order valence-electron chi connectivity index (χ3n) is 5.97. The molecule has 4 heteroatoms. The zero-order valence-electron chi connectivity index (χ0n) is 13.8. The number of benzene rings is 1. The van der Waals surface area contributed by atoms with Crippen molar-refractivity contribution in [2.75, 3.05) is 26.2 Å². The predicted molar refractivity (Wildman–Crippen MR) is 90.9 cm³/mol. The quantitative estimate of drug-likeness (QED) is 0.890. The highest BCUT2D eigenvalue weighted by Gasteiger charge is 2.57. The molecule has 2 N–H and O–H groups in total. The molecule has 2 unspecified atom stereocenters. The van der Waals surface area contributed by atoms with E-state index in [9.17, 15) is 4.79 Å². The molecule has 4 rings (SSSR count). The fraction of sp³-hybridized carbons (Fsp3) is 0.632. The average molecular weight is 313 g/mol. The first-order valence-corrected chi connectivity index (χ1v) is 9.03. The Morgan fingerprint density at radius 2 is 2.04 bits per heavy atom. The lowest BCUT2D eigenvalue weighted by Gasteiger charge is -2.23. The maximum atomic E-state index is 12.5. The van der Waals surface area contributed by atoms with Crippen LogP contribution in [0.25, 0.3) is 0 Å². The van der Waals surface area contributed by atoms with E-state index in [-0.39, 0.29) is 5.92 Å². The zero-order chi connectivity index (χ0) is 15.7. The van der Waals surface area contributed by atoms with Gasteiger partial charge in [-0.25, -0.2) is 0 Å². The summed E-state index contributed by atoms with van der Waals surface area (Å²) >= 11 is 0. The van der Waals surface area contributed by atoms with Crippen molar-refractivity contribution in [3.63, 3.8) is 0 Å². The molecule has 0 radical (unpaired) electrons. The van der Waals surface area contributed by atoms with Crippen LogP contribution < -0.4 is 10.6 Å². The maximum absolute atomic E-state index is 12.5. The van der Waals surface area contributed by atoms with Gasteiger partial charge in [0.2, 0.25) is 5.91 Å². The SMILES string of the molecule is O=C(NC1CCN(Cc2ccccc2)C1)C1CC12CCNCC2. The second-order valence-electron chi connectivity index (χ2n) is 7.58. The average Bonchev–Trinajstić information content (AvgIpc) is 3.08. The van der Waals surface area contributed by atoms with Gasteiger partial charge in [-0.1, -0.05) is 30.3 Å². The van der Waals surface area contributed by atoms with E-state index in [2.05, 4.69) is 45.9 Å². The van der Waals surface area contributed by atoms with Crippen LogP contribution in [0.4, 0.5) is 0 Å². The number of hydrogen-bond donors (Lipinski definition) is 2. The van der Waals surface area contributed by atoms with E-state index < -0.39 is 0 Å². The van der Waals surface area contributed by atoms with Crippen molar-refractivity contribution in [2.24, 2.45) is 11.3 Å². The van der Waals surface area contributed by atoms with Crippen LogP contribution in [-0.4, -0.2) is 43.0 Å². The van der Waals surface area contributed by atoms with Gasteiger partial charge in [-0.05, 0) is 49.8 Å². The summed E-state index contributed by atoms with van der Waals surface area (Å²) in [6.07, 6.45) is 4.55. The largest absolute Gasteiger partial charge is 0.352 e. The number of amides is 1. The summed E-state index contributed by atoms with van der Waals surface area (Å²) in [6.45, 7) is 5.23. The van der Waals surface area contributed by atoms with Gasteiger partial charge >= 0.3 is 0 Å². The molecule has 2 aliphatic heterocycles. The van der Waals surface area contributed by atoms with E-state index in [0.29, 0.717) is 17.4 Å². The van der Waals surface area contributed by atoms with Crippen LogP contribution in [0.15, 0.2) is 30.3 Å². The van der Waals surface area contributed by atoms with Gasteiger partial charge in [-0.15, -0.1) is 0 Å². The second-order valence-corrected chi connectivity index (χ2v) is 7.58. The molecule has 1 aliphatic carbocycles. The number of piperidine rings is 1. The highest BCUT2D eigenvalue weighted by Crippen LogP contribution is 2.58. The molecular formula is C19H27N3O. The fourth-order valence-corrected chi connectivity index (χ4v) is 4.43. The number of hydrogen-bond acceptors (Lipinski definition) is 3. The first kappa shape index (κ1) is 15.2. The normalized spacial score (nSPS) is 29.6. The Morgan fingerprint density at radius 1 is 1.26 bits per heavy atom. The summed E-state index contributed by atoms with van der Waals surface area (Å²) < 4.78 is 0. The van der Waals surface area contributed by atoms with Crippen molar-refractivity contribution in [3.8, 4) is 0 Å². The summed E-state index contributed by atoms with van der Waals surface area (Å²) in [5.41, 5.74) is 1.70. The molecule has 3 aliphatic rings. The molecule has 1 saturated carbocycles. The summed E-state index contributed by atoms with van der Waals surface area (Å²) in [5.74, 6) is 0.603. The van der Waals surface area contributed by atoms with Crippen LogP contribution in [0, 0.1) is 11.3 Å². The molecule has 2 atom stereocenters.